The second-order valence-electron chi connectivity index (χ2n) is 5.92. The molecule has 0 saturated carbocycles. The maximum Gasteiger partial charge on any atom is 0.291 e. The highest BCUT2D eigenvalue weighted by atomic mass is 32.2. The Morgan fingerprint density at radius 1 is 1.12 bits per heavy atom. The molecule has 3 aromatic rings. The molecule has 0 radical (unpaired) electrons. The monoisotopic (exact) mass is 367 g/mol. The van der Waals surface area contributed by atoms with Crippen molar-refractivity contribution >= 4 is 23.4 Å². The van der Waals surface area contributed by atoms with Crippen LogP contribution in [0.1, 0.15) is 27.2 Å². The number of carbonyl (C=O) groups excluding carboxylic acids is 1. The number of methoxy groups -OCH3 is 1. The average Bonchev–Trinajstić information content (AvgIpc) is 3.12. The Morgan fingerprint density at radius 2 is 1.88 bits per heavy atom. The van der Waals surface area contributed by atoms with E-state index in [9.17, 15) is 4.79 Å². The largest absolute Gasteiger partial charge is 0.496 e. The van der Waals surface area contributed by atoms with Gasteiger partial charge in [0.1, 0.15) is 5.75 Å². The van der Waals surface area contributed by atoms with E-state index in [4.69, 9.17) is 9.15 Å². The van der Waals surface area contributed by atoms with Crippen molar-refractivity contribution in [1.82, 2.24) is 0 Å². The number of amides is 1. The van der Waals surface area contributed by atoms with Crippen molar-refractivity contribution in [2.45, 2.75) is 24.5 Å². The highest BCUT2D eigenvalue weighted by molar-refractivity contribution is 7.98. The lowest BCUT2D eigenvalue weighted by molar-refractivity contribution is 0.0995. The van der Waals surface area contributed by atoms with Gasteiger partial charge >= 0.3 is 0 Å². The Kier molecular flexibility index (Phi) is 5.68. The first-order valence-corrected chi connectivity index (χ1v) is 9.28. The first kappa shape index (κ1) is 18.1. The summed E-state index contributed by atoms with van der Waals surface area (Å²) in [5.41, 5.74) is 3.51. The van der Waals surface area contributed by atoms with Gasteiger partial charge < -0.3 is 14.5 Å². The van der Waals surface area contributed by atoms with E-state index >= 15 is 0 Å². The van der Waals surface area contributed by atoms with Crippen LogP contribution in [-0.4, -0.2) is 13.0 Å². The fraction of sp³-hybridized carbons (Fsp3) is 0.190. The Balaban J connectivity index is 1.74. The van der Waals surface area contributed by atoms with Crippen molar-refractivity contribution in [3.63, 3.8) is 0 Å². The van der Waals surface area contributed by atoms with Gasteiger partial charge in [0.2, 0.25) is 0 Å². The van der Waals surface area contributed by atoms with Crippen LogP contribution in [0.25, 0.3) is 0 Å². The summed E-state index contributed by atoms with van der Waals surface area (Å²) in [6.07, 6.45) is 1.55. The number of carbonyl (C=O) groups is 1. The summed E-state index contributed by atoms with van der Waals surface area (Å²) in [6, 6.07) is 15.7. The van der Waals surface area contributed by atoms with Crippen LogP contribution in [0, 0.1) is 13.8 Å². The molecule has 0 saturated heterocycles. The predicted octanol–water partition coefficient (Wildman–Crippen LogP) is 5.45. The Bertz CT molecular complexity index is 903. The van der Waals surface area contributed by atoms with Crippen molar-refractivity contribution in [2.24, 2.45) is 0 Å². The third-order valence-electron chi connectivity index (χ3n) is 4.15. The molecule has 0 spiro atoms. The molecule has 0 atom stereocenters. The van der Waals surface area contributed by atoms with Gasteiger partial charge in [0.05, 0.1) is 13.4 Å². The third kappa shape index (κ3) is 3.94. The number of benzene rings is 2. The van der Waals surface area contributed by atoms with Gasteiger partial charge in [-0.05, 0) is 43.7 Å². The molecule has 5 heteroatoms. The molecule has 0 aliphatic heterocycles. The van der Waals surface area contributed by atoms with E-state index in [1.807, 2.05) is 62.4 Å². The summed E-state index contributed by atoms with van der Waals surface area (Å²) in [7, 11) is 1.63. The van der Waals surface area contributed by atoms with E-state index in [-0.39, 0.29) is 5.91 Å². The van der Waals surface area contributed by atoms with Gasteiger partial charge in [-0.2, -0.15) is 0 Å². The van der Waals surface area contributed by atoms with Crippen LogP contribution in [0.4, 0.5) is 5.69 Å². The van der Waals surface area contributed by atoms with Crippen molar-refractivity contribution < 1.29 is 13.9 Å². The Hall–Kier alpha value is -2.66. The summed E-state index contributed by atoms with van der Waals surface area (Å²) >= 11 is 1.67. The quantitative estimate of drug-likeness (QED) is 0.589. The van der Waals surface area contributed by atoms with Gasteiger partial charge in [-0.15, -0.1) is 11.8 Å². The zero-order valence-electron chi connectivity index (χ0n) is 15.0. The lowest BCUT2D eigenvalue weighted by Crippen LogP contribution is -2.14. The standard InChI is InChI=1S/C21H21NO3S/c1-14-9-10-18(15(2)19(14)24-3)22-21(23)20-16(11-12-25-20)13-26-17-7-5-4-6-8-17/h4-12H,13H2,1-3H3,(H,22,23). The van der Waals surface area contributed by atoms with Gasteiger partial charge in [0, 0.05) is 27.5 Å². The second kappa shape index (κ2) is 8.15. The van der Waals surface area contributed by atoms with Crippen molar-refractivity contribution in [3.8, 4) is 5.75 Å². The van der Waals surface area contributed by atoms with Crippen LogP contribution in [-0.2, 0) is 5.75 Å². The molecule has 0 aliphatic rings. The highest BCUT2D eigenvalue weighted by Gasteiger charge is 2.18. The maximum atomic E-state index is 12.7. The van der Waals surface area contributed by atoms with Crippen LogP contribution in [0.3, 0.4) is 0 Å². The van der Waals surface area contributed by atoms with Crippen molar-refractivity contribution in [1.29, 1.82) is 0 Å². The van der Waals surface area contributed by atoms with Crippen LogP contribution in [0.2, 0.25) is 0 Å². The molecular formula is C21H21NO3S. The number of anilines is 1. The number of thioether (sulfide) groups is 1. The van der Waals surface area contributed by atoms with Gasteiger partial charge in [-0.25, -0.2) is 0 Å². The van der Waals surface area contributed by atoms with Gasteiger partial charge in [0.25, 0.3) is 5.91 Å². The molecule has 26 heavy (non-hydrogen) atoms. The molecule has 0 aliphatic carbocycles. The van der Waals surface area contributed by atoms with Crippen LogP contribution >= 0.6 is 11.8 Å². The van der Waals surface area contributed by atoms with Gasteiger partial charge in [0.15, 0.2) is 5.76 Å². The summed E-state index contributed by atoms with van der Waals surface area (Å²) < 4.78 is 10.9. The normalized spacial score (nSPS) is 10.6. The van der Waals surface area contributed by atoms with E-state index in [1.54, 1.807) is 25.1 Å². The fourth-order valence-electron chi connectivity index (χ4n) is 2.78. The van der Waals surface area contributed by atoms with Crippen LogP contribution < -0.4 is 10.1 Å². The molecule has 1 aromatic heterocycles. The zero-order valence-corrected chi connectivity index (χ0v) is 15.9. The number of nitrogens with one attached hydrogen (secondary N) is 1. The van der Waals surface area contributed by atoms with Crippen LogP contribution in [0.5, 0.6) is 5.75 Å². The Labute approximate surface area is 157 Å². The predicted molar refractivity (Wildman–Crippen MR) is 105 cm³/mol. The molecule has 134 valence electrons. The molecule has 0 unspecified atom stereocenters. The molecule has 1 heterocycles. The van der Waals surface area contributed by atoms with Gasteiger partial charge in [-0.1, -0.05) is 24.3 Å². The third-order valence-corrected chi connectivity index (χ3v) is 5.21. The number of furan rings is 1. The minimum absolute atomic E-state index is 0.257. The zero-order chi connectivity index (χ0) is 18.5. The molecule has 0 fully saturated rings. The number of aryl methyl sites for hydroxylation is 1. The number of rotatable bonds is 6. The first-order chi connectivity index (χ1) is 12.6. The second-order valence-corrected chi connectivity index (χ2v) is 6.97. The lowest BCUT2D eigenvalue weighted by atomic mass is 10.1. The van der Waals surface area contributed by atoms with Crippen molar-refractivity contribution in [3.05, 3.63) is 77.2 Å². The maximum absolute atomic E-state index is 12.7. The van der Waals surface area contributed by atoms with Gasteiger partial charge in [-0.3, -0.25) is 4.79 Å². The number of hydrogen-bond acceptors (Lipinski definition) is 4. The van der Waals surface area contributed by atoms with E-state index in [2.05, 4.69) is 5.32 Å². The van der Waals surface area contributed by atoms with E-state index in [1.165, 1.54) is 0 Å². The minimum Gasteiger partial charge on any atom is -0.496 e. The summed E-state index contributed by atoms with van der Waals surface area (Å²) in [5, 5.41) is 2.93. The molecule has 0 bridgehead atoms. The van der Waals surface area contributed by atoms with E-state index < -0.39 is 0 Å². The van der Waals surface area contributed by atoms with E-state index in [0.29, 0.717) is 11.5 Å². The molecule has 1 amide bonds. The number of ether oxygens (including phenoxy) is 1. The fourth-order valence-corrected chi connectivity index (χ4v) is 3.68. The smallest absolute Gasteiger partial charge is 0.291 e. The molecule has 4 nitrogen and oxygen atoms in total. The van der Waals surface area contributed by atoms with Crippen molar-refractivity contribution in [2.75, 3.05) is 12.4 Å². The average molecular weight is 367 g/mol. The number of hydrogen-bond donors (Lipinski definition) is 1. The first-order valence-electron chi connectivity index (χ1n) is 8.30. The van der Waals surface area contributed by atoms with E-state index in [0.717, 1.165) is 33.0 Å². The summed E-state index contributed by atoms with van der Waals surface area (Å²) in [4.78, 5) is 13.8. The molecule has 1 N–H and O–H groups in total. The Morgan fingerprint density at radius 3 is 2.62 bits per heavy atom. The highest BCUT2D eigenvalue weighted by Crippen LogP contribution is 2.30. The summed E-state index contributed by atoms with van der Waals surface area (Å²) in [6.45, 7) is 3.90. The summed E-state index contributed by atoms with van der Waals surface area (Å²) in [5.74, 6) is 1.53. The minimum atomic E-state index is -0.257. The SMILES string of the molecule is COc1c(C)ccc(NC(=O)c2occc2CSc2ccccc2)c1C. The van der Waals surface area contributed by atoms with Crippen LogP contribution in [0.15, 0.2) is 64.1 Å². The molecular weight excluding hydrogens is 346 g/mol. The molecule has 3 rings (SSSR count). The topological polar surface area (TPSA) is 51.5 Å². The lowest BCUT2D eigenvalue weighted by Gasteiger charge is -2.13. The molecule has 2 aromatic carbocycles.